The van der Waals surface area contributed by atoms with E-state index >= 15 is 0 Å². The summed E-state index contributed by atoms with van der Waals surface area (Å²) in [6.45, 7) is 4.81. The Labute approximate surface area is 114 Å². The molecule has 0 saturated carbocycles. The molecule has 2 aromatic rings. The van der Waals surface area contributed by atoms with Crippen molar-refractivity contribution < 1.29 is 9.52 Å². The van der Waals surface area contributed by atoms with Gasteiger partial charge in [-0.3, -0.25) is 0 Å². The van der Waals surface area contributed by atoms with Gasteiger partial charge < -0.3 is 14.8 Å². The standard InChI is InChI=1S/C16H21NO2/c1-3-16(2,12-18)17-11-14-9-10-15(19-14)13-7-5-4-6-8-13/h4-10,17-18H,3,11-12H2,1-2H3. The van der Waals surface area contributed by atoms with E-state index in [0.29, 0.717) is 6.54 Å². The fraction of sp³-hybridized carbons (Fsp3) is 0.375. The van der Waals surface area contributed by atoms with Crippen LogP contribution >= 0.6 is 0 Å². The number of furan rings is 1. The molecule has 0 radical (unpaired) electrons. The summed E-state index contributed by atoms with van der Waals surface area (Å²) in [5.74, 6) is 1.76. The van der Waals surface area contributed by atoms with Crippen molar-refractivity contribution in [2.45, 2.75) is 32.4 Å². The lowest BCUT2D eigenvalue weighted by atomic mass is 10.0. The lowest BCUT2D eigenvalue weighted by Gasteiger charge is -2.26. The Morgan fingerprint density at radius 2 is 1.89 bits per heavy atom. The van der Waals surface area contributed by atoms with Crippen LogP contribution in [0, 0.1) is 0 Å². The summed E-state index contributed by atoms with van der Waals surface area (Å²) in [6, 6.07) is 14.0. The SMILES string of the molecule is CCC(C)(CO)NCc1ccc(-c2ccccc2)o1. The molecule has 19 heavy (non-hydrogen) atoms. The van der Waals surface area contributed by atoms with E-state index in [9.17, 15) is 5.11 Å². The van der Waals surface area contributed by atoms with Gasteiger partial charge in [0.15, 0.2) is 0 Å². The minimum Gasteiger partial charge on any atom is -0.460 e. The minimum absolute atomic E-state index is 0.121. The molecule has 1 atom stereocenters. The van der Waals surface area contributed by atoms with Crippen LogP contribution in [0.15, 0.2) is 46.9 Å². The predicted molar refractivity (Wildman–Crippen MR) is 76.8 cm³/mol. The van der Waals surface area contributed by atoms with E-state index < -0.39 is 0 Å². The number of aliphatic hydroxyl groups excluding tert-OH is 1. The van der Waals surface area contributed by atoms with Gasteiger partial charge >= 0.3 is 0 Å². The third kappa shape index (κ3) is 3.46. The molecule has 0 aliphatic carbocycles. The molecule has 0 fully saturated rings. The lowest BCUT2D eigenvalue weighted by Crippen LogP contribution is -2.44. The highest BCUT2D eigenvalue weighted by Crippen LogP contribution is 2.22. The molecule has 1 aromatic heterocycles. The Balaban J connectivity index is 2.02. The summed E-state index contributed by atoms with van der Waals surface area (Å²) >= 11 is 0. The van der Waals surface area contributed by atoms with Gasteiger partial charge in [-0.25, -0.2) is 0 Å². The van der Waals surface area contributed by atoms with Crippen LogP contribution in [-0.2, 0) is 6.54 Å². The van der Waals surface area contributed by atoms with E-state index in [1.807, 2.05) is 49.4 Å². The molecule has 0 aliphatic rings. The molecule has 1 aromatic carbocycles. The van der Waals surface area contributed by atoms with Gasteiger partial charge in [-0.2, -0.15) is 0 Å². The smallest absolute Gasteiger partial charge is 0.134 e. The molecule has 0 spiro atoms. The van der Waals surface area contributed by atoms with E-state index in [1.165, 1.54) is 0 Å². The first-order valence-corrected chi connectivity index (χ1v) is 6.67. The fourth-order valence-electron chi connectivity index (χ4n) is 1.82. The van der Waals surface area contributed by atoms with Crippen LogP contribution in [0.5, 0.6) is 0 Å². The van der Waals surface area contributed by atoms with Crippen molar-refractivity contribution >= 4 is 0 Å². The summed E-state index contributed by atoms with van der Waals surface area (Å²) in [6.07, 6.45) is 0.871. The molecule has 1 unspecified atom stereocenters. The van der Waals surface area contributed by atoms with Gasteiger partial charge in [0.2, 0.25) is 0 Å². The Hall–Kier alpha value is -1.58. The zero-order valence-corrected chi connectivity index (χ0v) is 11.5. The van der Waals surface area contributed by atoms with Crippen LogP contribution in [0.25, 0.3) is 11.3 Å². The predicted octanol–water partition coefficient (Wildman–Crippen LogP) is 3.20. The largest absolute Gasteiger partial charge is 0.460 e. The Bertz CT molecular complexity index is 500. The van der Waals surface area contributed by atoms with Crippen molar-refractivity contribution in [1.29, 1.82) is 0 Å². The van der Waals surface area contributed by atoms with Gasteiger partial charge in [-0.15, -0.1) is 0 Å². The first-order valence-electron chi connectivity index (χ1n) is 6.67. The highest BCUT2D eigenvalue weighted by molar-refractivity contribution is 5.57. The zero-order valence-electron chi connectivity index (χ0n) is 11.5. The Kier molecular flexibility index (Phi) is 4.40. The summed E-state index contributed by atoms with van der Waals surface area (Å²) < 4.78 is 5.81. The molecule has 2 N–H and O–H groups in total. The quantitative estimate of drug-likeness (QED) is 0.837. The topological polar surface area (TPSA) is 45.4 Å². The minimum atomic E-state index is -0.250. The molecular weight excluding hydrogens is 238 g/mol. The molecule has 0 aliphatic heterocycles. The first-order chi connectivity index (χ1) is 9.17. The van der Waals surface area contributed by atoms with Gasteiger partial charge in [0.05, 0.1) is 13.2 Å². The van der Waals surface area contributed by atoms with E-state index in [4.69, 9.17) is 4.42 Å². The van der Waals surface area contributed by atoms with Gasteiger partial charge in [0.25, 0.3) is 0 Å². The summed E-state index contributed by atoms with van der Waals surface area (Å²) in [5.41, 5.74) is 0.828. The number of nitrogens with one attached hydrogen (secondary N) is 1. The number of rotatable bonds is 6. The number of hydrogen-bond acceptors (Lipinski definition) is 3. The van der Waals surface area contributed by atoms with Crippen molar-refractivity contribution in [2.75, 3.05) is 6.61 Å². The van der Waals surface area contributed by atoms with Gasteiger partial charge in [0, 0.05) is 11.1 Å². The van der Waals surface area contributed by atoms with Crippen molar-refractivity contribution in [2.24, 2.45) is 0 Å². The maximum atomic E-state index is 9.35. The normalized spacial score (nSPS) is 14.3. The molecule has 102 valence electrons. The fourth-order valence-corrected chi connectivity index (χ4v) is 1.82. The summed E-state index contributed by atoms with van der Waals surface area (Å²) in [4.78, 5) is 0. The molecule has 3 heteroatoms. The second kappa shape index (κ2) is 6.04. The lowest BCUT2D eigenvalue weighted by molar-refractivity contribution is 0.166. The van der Waals surface area contributed by atoms with Crippen molar-refractivity contribution in [1.82, 2.24) is 5.32 Å². The van der Waals surface area contributed by atoms with Gasteiger partial charge in [-0.1, -0.05) is 37.3 Å². The molecule has 2 rings (SSSR count). The van der Waals surface area contributed by atoms with Crippen molar-refractivity contribution in [3.05, 3.63) is 48.2 Å². The van der Waals surface area contributed by atoms with E-state index in [1.54, 1.807) is 0 Å². The molecular formula is C16H21NO2. The maximum Gasteiger partial charge on any atom is 0.134 e. The summed E-state index contributed by atoms with van der Waals surface area (Å²) in [5, 5.41) is 12.7. The number of aliphatic hydroxyl groups is 1. The number of benzene rings is 1. The molecule has 0 saturated heterocycles. The summed E-state index contributed by atoms with van der Waals surface area (Å²) in [7, 11) is 0. The first kappa shape index (κ1) is 13.8. The van der Waals surface area contributed by atoms with E-state index in [2.05, 4.69) is 12.2 Å². The molecule has 0 amide bonds. The second-order valence-corrected chi connectivity index (χ2v) is 5.06. The zero-order chi connectivity index (χ0) is 13.7. The average molecular weight is 259 g/mol. The van der Waals surface area contributed by atoms with Crippen LogP contribution < -0.4 is 5.32 Å². The highest BCUT2D eigenvalue weighted by atomic mass is 16.3. The Morgan fingerprint density at radius 3 is 2.53 bits per heavy atom. The van der Waals surface area contributed by atoms with Gasteiger partial charge in [0.1, 0.15) is 11.5 Å². The number of hydrogen-bond donors (Lipinski definition) is 2. The third-order valence-corrected chi connectivity index (χ3v) is 3.54. The highest BCUT2D eigenvalue weighted by Gasteiger charge is 2.20. The van der Waals surface area contributed by atoms with Crippen molar-refractivity contribution in [3.8, 4) is 11.3 Å². The van der Waals surface area contributed by atoms with Crippen molar-refractivity contribution in [3.63, 3.8) is 0 Å². The molecule has 1 heterocycles. The van der Waals surface area contributed by atoms with E-state index in [0.717, 1.165) is 23.5 Å². The van der Waals surface area contributed by atoms with Crippen LogP contribution in [0.1, 0.15) is 26.0 Å². The Morgan fingerprint density at radius 1 is 1.16 bits per heavy atom. The molecule has 3 nitrogen and oxygen atoms in total. The van der Waals surface area contributed by atoms with Crippen LogP contribution in [-0.4, -0.2) is 17.3 Å². The average Bonchev–Trinajstić information content (AvgIpc) is 2.95. The molecule has 0 bridgehead atoms. The monoisotopic (exact) mass is 259 g/mol. The van der Waals surface area contributed by atoms with Crippen LogP contribution in [0.3, 0.4) is 0 Å². The van der Waals surface area contributed by atoms with Crippen LogP contribution in [0.2, 0.25) is 0 Å². The maximum absolute atomic E-state index is 9.35. The van der Waals surface area contributed by atoms with Crippen LogP contribution in [0.4, 0.5) is 0 Å². The van der Waals surface area contributed by atoms with E-state index in [-0.39, 0.29) is 12.1 Å². The third-order valence-electron chi connectivity index (χ3n) is 3.54. The van der Waals surface area contributed by atoms with Gasteiger partial charge in [-0.05, 0) is 25.5 Å². The second-order valence-electron chi connectivity index (χ2n) is 5.06.